The number of aromatic amines is 1. The average molecular weight is 472 g/mol. The first-order valence-corrected chi connectivity index (χ1v) is 11.7. The molecule has 144 valence electrons. The number of hydrogen-bond acceptors (Lipinski definition) is 4. The Balaban J connectivity index is 1.75. The van der Waals surface area contributed by atoms with Gasteiger partial charge in [0.05, 0.1) is 15.9 Å². The number of benzene rings is 2. The first-order chi connectivity index (χ1) is 12.9. The van der Waals surface area contributed by atoms with Crippen molar-refractivity contribution in [2.45, 2.75) is 35.6 Å². The van der Waals surface area contributed by atoms with Crippen molar-refractivity contribution >= 4 is 48.7 Å². The Morgan fingerprint density at radius 3 is 2.81 bits per heavy atom. The maximum absolute atomic E-state index is 13.9. The van der Waals surface area contributed by atoms with Gasteiger partial charge in [-0.2, -0.15) is 0 Å². The molecule has 0 aliphatic heterocycles. The van der Waals surface area contributed by atoms with Gasteiger partial charge in [-0.1, -0.05) is 47.1 Å². The summed E-state index contributed by atoms with van der Waals surface area (Å²) in [6, 6.07) is 9.73. The molecule has 9 heteroatoms. The molecule has 3 aromatic rings. The van der Waals surface area contributed by atoms with Crippen molar-refractivity contribution in [3.8, 4) is 0 Å². The molecule has 3 rings (SSSR count). The number of sulfonamides is 1. The Bertz CT molecular complexity index is 1050. The molecule has 0 aliphatic rings. The summed E-state index contributed by atoms with van der Waals surface area (Å²) < 4.78 is 41.9. The van der Waals surface area contributed by atoms with E-state index in [1.165, 1.54) is 17.8 Å². The Morgan fingerprint density at radius 1 is 1.26 bits per heavy atom. The van der Waals surface area contributed by atoms with E-state index in [4.69, 9.17) is 0 Å². The first kappa shape index (κ1) is 20.3. The predicted molar refractivity (Wildman–Crippen MR) is 110 cm³/mol. The molecule has 0 spiro atoms. The van der Waals surface area contributed by atoms with Crippen LogP contribution in [0.4, 0.5) is 4.39 Å². The highest BCUT2D eigenvalue weighted by Gasteiger charge is 2.15. The van der Waals surface area contributed by atoms with Gasteiger partial charge >= 0.3 is 0 Å². The van der Waals surface area contributed by atoms with E-state index in [1.54, 1.807) is 30.3 Å². The molecule has 0 saturated carbocycles. The lowest BCUT2D eigenvalue weighted by Gasteiger charge is -2.05. The fourth-order valence-corrected chi connectivity index (χ4v) is 4.76. The second-order valence-corrected chi connectivity index (χ2v) is 9.64. The quantitative estimate of drug-likeness (QED) is 0.364. The number of aromatic nitrogens is 2. The molecule has 5 nitrogen and oxygen atoms in total. The summed E-state index contributed by atoms with van der Waals surface area (Å²) in [5, 5.41) is 0.612. The van der Waals surface area contributed by atoms with E-state index in [-0.39, 0.29) is 10.7 Å². The Labute approximate surface area is 170 Å². The van der Waals surface area contributed by atoms with Crippen molar-refractivity contribution < 1.29 is 12.8 Å². The van der Waals surface area contributed by atoms with Gasteiger partial charge in [0.25, 0.3) is 0 Å². The van der Waals surface area contributed by atoms with E-state index in [0.29, 0.717) is 38.5 Å². The third-order valence-corrected chi connectivity index (χ3v) is 6.82. The third kappa shape index (κ3) is 5.10. The molecular weight excluding hydrogens is 453 g/mol. The highest BCUT2D eigenvalue weighted by Crippen LogP contribution is 2.26. The first-order valence-electron chi connectivity index (χ1n) is 8.45. The van der Waals surface area contributed by atoms with Crippen molar-refractivity contribution in [3.05, 3.63) is 52.3 Å². The van der Waals surface area contributed by atoms with Crippen molar-refractivity contribution in [1.29, 1.82) is 0 Å². The zero-order chi connectivity index (χ0) is 19.4. The monoisotopic (exact) mass is 471 g/mol. The van der Waals surface area contributed by atoms with Gasteiger partial charge < -0.3 is 4.98 Å². The number of nitrogens with one attached hydrogen (secondary N) is 2. The summed E-state index contributed by atoms with van der Waals surface area (Å²) in [4.78, 5) is 7.74. The van der Waals surface area contributed by atoms with Gasteiger partial charge in [-0.25, -0.2) is 22.5 Å². The van der Waals surface area contributed by atoms with Gasteiger partial charge in [0.15, 0.2) is 5.16 Å². The SMILES string of the molecule is CCCCNS(=O)(=O)c1ccc2nc(SCc3ccc(Br)cc3F)[nH]c2c1. The minimum absolute atomic E-state index is 0.199. The van der Waals surface area contributed by atoms with Crippen LogP contribution >= 0.6 is 27.7 Å². The number of hydrogen-bond donors (Lipinski definition) is 2. The van der Waals surface area contributed by atoms with Gasteiger partial charge in [0.2, 0.25) is 10.0 Å². The summed E-state index contributed by atoms with van der Waals surface area (Å²) in [5.41, 5.74) is 1.88. The van der Waals surface area contributed by atoms with Crippen LogP contribution in [-0.2, 0) is 15.8 Å². The Hall–Kier alpha value is -1.42. The van der Waals surface area contributed by atoms with Crippen molar-refractivity contribution in [2.24, 2.45) is 0 Å². The third-order valence-electron chi connectivity index (χ3n) is 3.94. The summed E-state index contributed by atoms with van der Waals surface area (Å²) in [7, 11) is -3.54. The standard InChI is InChI=1S/C18H19BrFN3O2S2/c1-2-3-8-21-27(24,25)14-6-7-16-17(10-14)23-18(22-16)26-11-12-4-5-13(19)9-15(12)20/h4-7,9-10,21H,2-3,8,11H2,1H3,(H,22,23). The van der Waals surface area contributed by atoms with Crippen molar-refractivity contribution in [3.63, 3.8) is 0 Å². The van der Waals surface area contributed by atoms with Gasteiger partial charge in [-0.15, -0.1) is 0 Å². The maximum atomic E-state index is 13.9. The fraction of sp³-hybridized carbons (Fsp3) is 0.278. The molecule has 1 aromatic heterocycles. The topological polar surface area (TPSA) is 74.8 Å². The van der Waals surface area contributed by atoms with Crippen LogP contribution in [0.1, 0.15) is 25.3 Å². The van der Waals surface area contributed by atoms with Gasteiger partial charge in [0.1, 0.15) is 5.82 Å². The van der Waals surface area contributed by atoms with Crippen molar-refractivity contribution in [1.82, 2.24) is 14.7 Å². The smallest absolute Gasteiger partial charge is 0.240 e. The molecule has 0 atom stereocenters. The molecule has 0 aliphatic carbocycles. The molecule has 0 bridgehead atoms. The second-order valence-electron chi connectivity index (χ2n) is 6.00. The minimum atomic E-state index is -3.54. The molecule has 2 aromatic carbocycles. The predicted octanol–water partition coefficient (Wildman–Crippen LogP) is 4.84. The lowest BCUT2D eigenvalue weighted by Crippen LogP contribution is -2.24. The average Bonchev–Trinajstić information content (AvgIpc) is 3.03. The summed E-state index contributed by atoms with van der Waals surface area (Å²) >= 11 is 4.60. The van der Waals surface area contributed by atoms with E-state index in [2.05, 4.69) is 30.6 Å². The van der Waals surface area contributed by atoms with Crippen LogP contribution in [0.3, 0.4) is 0 Å². The molecule has 0 unspecified atom stereocenters. The van der Waals surface area contributed by atoms with E-state index in [0.717, 1.165) is 12.8 Å². The zero-order valence-electron chi connectivity index (χ0n) is 14.6. The lowest BCUT2D eigenvalue weighted by atomic mass is 10.2. The number of H-pyrrole nitrogens is 1. The summed E-state index contributed by atoms with van der Waals surface area (Å²) in [5.74, 6) is 0.141. The zero-order valence-corrected chi connectivity index (χ0v) is 17.8. The van der Waals surface area contributed by atoms with Crippen LogP contribution in [0.15, 0.2) is 50.9 Å². The Kier molecular flexibility index (Phi) is 6.56. The van der Waals surface area contributed by atoms with Gasteiger partial charge in [-0.05, 0) is 42.3 Å². The van der Waals surface area contributed by atoms with Crippen LogP contribution in [0.2, 0.25) is 0 Å². The van der Waals surface area contributed by atoms with Gasteiger partial charge in [-0.3, -0.25) is 0 Å². The number of fused-ring (bicyclic) bond motifs is 1. The van der Waals surface area contributed by atoms with E-state index in [1.807, 2.05) is 6.92 Å². The summed E-state index contributed by atoms with van der Waals surface area (Å²) in [6.45, 7) is 2.42. The number of thioether (sulfide) groups is 1. The number of halogens is 2. The highest BCUT2D eigenvalue weighted by molar-refractivity contribution is 9.10. The molecule has 1 heterocycles. The number of nitrogens with zero attached hydrogens (tertiary/aromatic N) is 1. The van der Waals surface area contributed by atoms with Crippen LogP contribution < -0.4 is 4.72 Å². The maximum Gasteiger partial charge on any atom is 0.240 e. The van der Waals surface area contributed by atoms with Crippen molar-refractivity contribution in [2.75, 3.05) is 6.54 Å². The van der Waals surface area contributed by atoms with Crippen LogP contribution in [-0.4, -0.2) is 24.9 Å². The van der Waals surface area contributed by atoms with Crippen LogP contribution in [0.5, 0.6) is 0 Å². The summed E-state index contributed by atoms with van der Waals surface area (Å²) in [6.07, 6.45) is 1.71. The number of imidazole rings is 1. The number of rotatable bonds is 8. The second kappa shape index (κ2) is 8.72. The van der Waals surface area contributed by atoms with Crippen LogP contribution in [0.25, 0.3) is 11.0 Å². The largest absolute Gasteiger partial charge is 0.333 e. The molecule has 0 fully saturated rings. The van der Waals surface area contributed by atoms with Gasteiger partial charge in [0, 0.05) is 16.8 Å². The normalized spacial score (nSPS) is 12.0. The molecule has 0 amide bonds. The molecular formula is C18H19BrFN3O2S2. The molecule has 0 saturated heterocycles. The Morgan fingerprint density at radius 2 is 2.07 bits per heavy atom. The van der Waals surface area contributed by atoms with E-state index in [9.17, 15) is 12.8 Å². The van der Waals surface area contributed by atoms with Crippen LogP contribution in [0, 0.1) is 5.82 Å². The number of unbranched alkanes of at least 4 members (excludes halogenated alkanes) is 1. The van der Waals surface area contributed by atoms with E-state index >= 15 is 0 Å². The minimum Gasteiger partial charge on any atom is -0.333 e. The highest BCUT2D eigenvalue weighted by atomic mass is 79.9. The lowest BCUT2D eigenvalue weighted by molar-refractivity contribution is 0.578. The van der Waals surface area contributed by atoms with E-state index < -0.39 is 10.0 Å². The molecule has 0 radical (unpaired) electrons. The molecule has 27 heavy (non-hydrogen) atoms. The molecule has 2 N–H and O–H groups in total. The fourth-order valence-electron chi connectivity index (χ4n) is 2.45.